The van der Waals surface area contributed by atoms with Gasteiger partial charge in [0.05, 0.1) is 17.0 Å². The van der Waals surface area contributed by atoms with Gasteiger partial charge in [0.1, 0.15) is 12.4 Å². The fourth-order valence-electron chi connectivity index (χ4n) is 2.82. The number of imidazole rings is 1. The minimum Gasteiger partial charge on any atom is -0.546 e. The van der Waals surface area contributed by atoms with Crippen LogP contribution in [-0.2, 0) is 4.79 Å². The SMILES string of the molecule is NC1=N[C@H](c2ccc(OCC(=O)[O-])cc2)n2c(nc3ccccc32)N1. The van der Waals surface area contributed by atoms with Crippen molar-refractivity contribution in [1.82, 2.24) is 9.55 Å². The number of carboxylic acid groups (broad SMARTS) is 1. The fourth-order valence-corrected chi connectivity index (χ4v) is 2.82. The summed E-state index contributed by atoms with van der Waals surface area (Å²) in [6, 6.07) is 14.7. The van der Waals surface area contributed by atoms with Crippen LogP contribution in [0.25, 0.3) is 11.0 Å². The van der Waals surface area contributed by atoms with Crippen LogP contribution < -0.4 is 20.9 Å². The van der Waals surface area contributed by atoms with Crippen LogP contribution in [-0.4, -0.2) is 28.1 Å². The molecule has 4 rings (SSSR count). The van der Waals surface area contributed by atoms with Gasteiger partial charge in [0, 0.05) is 0 Å². The molecule has 25 heavy (non-hydrogen) atoms. The predicted molar refractivity (Wildman–Crippen MR) is 90.1 cm³/mol. The van der Waals surface area contributed by atoms with E-state index in [4.69, 9.17) is 10.5 Å². The number of aromatic nitrogens is 2. The van der Waals surface area contributed by atoms with Crippen molar-refractivity contribution in [2.24, 2.45) is 10.7 Å². The largest absolute Gasteiger partial charge is 0.546 e. The van der Waals surface area contributed by atoms with Crippen molar-refractivity contribution in [3.05, 3.63) is 54.1 Å². The number of ether oxygens (including phenoxy) is 1. The van der Waals surface area contributed by atoms with Crippen LogP contribution in [0, 0.1) is 0 Å². The van der Waals surface area contributed by atoms with Crippen LogP contribution in [0.1, 0.15) is 11.7 Å². The maximum Gasteiger partial charge on any atom is 0.212 e. The Morgan fingerprint density at radius 3 is 2.76 bits per heavy atom. The lowest BCUT2D eigenvalue weighted by Crippen LogP contribution is -2.31. The molecular weight excluding hydrogens is 322 g/mol. The molecule has 1 aliphatic rings. The molecule has 0 saturated heterocycles. The van der Waals surface area contributed by atoms with Gasteiger partial charge in [-0.2, -0.15) is 0 Å². The molecule has 1 atom stereocenters. The van der Waals surface area contributed by atoms with Crippen molar-refractivity contribution in [3.8, 4) is 5.75 Å². The van der Waals surface area contributed by atoms with Gasteiger partial charge < -0.3 is 20.4 Å². The second-order valence-electron chi connectivity index (χ2n) is 5.54. The van der Waals surface area contributed by atoms with Gasteiger partial charge in [-0.15, -0.1) is 0 Å². The molecule has 0 bridgehead atoms. The number of rotatable bonds is 4. The third-order valence-electron chi connectivity index (χ3n) is 3.88. The molecule has 1 aliphatic heterocycles. The van der Waals surface area contributed by atoms with E-state index in [0.29, 0.717) is 11.7 Å². The highest BCUT2D eigenvalue weighted by molar-refractivity contribution is 5.94. The molecule has 8 heteroatoms. The molecule has 0 radical (unpaired) electrons. The number of carboxylic acids is 1. The average molecular weight is 336 g/mol. The number of aliphatic imine (C=N–C) groups is 1. The minimum absolute atomic E-state index is 0.282. The number of para-hydroxylation sites is 2. The van der Waals surface area contributed by atoms with Crippen LogP contribution in [0.4, 0.5) is 5.95 Å². The molecule has 0 aliphatic carbocycles. The van der Waals surface area contributed by atoms with E-state index in [-0.39, 0.29) is 12.1 Å². The number of fused-ring (bicyclic) bond motifs is 3. The highest BCUT2D eigenvalue weighted by atomic mass is 16.5. The van der Waals surface area contributed by atoms with Gasteiger partial charge in [-0.05, 0) is 29.8 Å². The molecular formula is C17H14N5O3-. The Morgan fingerprint density at radius 1 is 1.24 bits per heavy atom. The lowest BCUT2D eigenvalue weighted by Gasteiger charge is -2.24. The Labute approximate surface area is 142 Å². The van der Waals surface area contributed by atoms with E-state index in [2.05, 4.69) is 15.3 Å². The lowest BCUT2D eigenvalue weighted by molar-refractivity contribution is -0.307. The van der Waals surface area contributed by atoms with Crippen LogP contribution in [0.2, 0.25) is 0 Å². The topological polar surface area (TPSA) is 118 Å². The van der Waals surface area contributed by atoms with E-state index < -0.39 is 12.6 Å². The van der Waals surface area contributed by atoms with E-state index in [1.54, 1.807) is 12.1 Å². The summed E-state index contributed by atoms with van der Waals surface area (Å²) in [6.45, 7) is -0.492. The summed E-state index contributed by atoms with van der Waals surface area (Å²) in [5, 5.41) is 13.4. The number of carbonyl (C=O) groups excluding carboxylic acids is 1. The summed E-state index contributed by atoms with van der Waals surface area (Å²) in [5.74, 6) is 0.0740. The molecule has 0 spiro atoms. The third kappa shape index (κ3) is 2.74. The van der Waals surface area contributed by atoms with Crippen LogP contribution in [0.15, 0.2) is 53.5 Å². The fraction of sp³-hybridized carbons (Fsp3) is 0.118. The molecule has 2 aromatic carbocycles. The maximum absolute atomic E-state index is 10.5. The molecule has 0 amide bonds. The van der Waals surface area contributed by atoms with Gasteiger partial charge in [-0.1, -0.05) is 24.3 Å². The number of benzene rings is 2. The van der Waals surface area contributed by atoms with Crippen molar-refractivity contribution < 1.29 is 14.6 Å². The number of nitrogens with one attached hydrogen (secondary N) is 1. The number of guanidine groups is 1. The monoisotopic (exact) mass is 336 g/mol. The van der Waals surface area contributed by atoms with Crippen molar-refractivity contribution in [2.45, 2.75) is 6.17 Å². The first-order valence-corrected chi connectivity index (χ1v) is 7.62. The first-order valence-electron chi connectivity index (χ1n) is 7.62. The summed E-state index contributed by atoms with van der Waals surface area (Å²) in [7, 11) is 0. The summed E-state index contributed by atoms with van der Waals surface area (Å²) in [6.07, 6.45) is -0.376. The Balaban J connectivity index is 1.72. The van der Waals surface area contributed by atoms with E-state index in [0.717, 1.165) is 16.6 Å². The zero-order valence-electron chi connectivity index (χ0n) is 13.0. The molecule has 3 aromatic rings. The normalized spacial score (nSPS) is 16.0. The Hall–Kier alpha value is -3.55. The van der Waals surface area contributed by atoms with Crippen molar-refractivity contribution >= 4 is 28.9 Å². The summed E-state index contributed by atoms with van der Waals surface area (Å²) < 4.78 is 7.06. The Bertz CT molecular complexity index is 978. The van der Waals surface area contributed by atoms with Gasteiger partial charge in [0.15, 0.2) is 12.1 Å². The Kier molecular flexibility index (Phi) is 3.50. The van der Waals surface area contributed by atoms with Gasteiger partial charge in [0.25, 0.3) is 0 Å². The summed E-state index contributed by atoms with van der Waals surface area (Å²) in [5.41, 5.74) is 8.54. The second kappa shape index (κ2) is 5.82. The highest BCUT2D eigenvalue weighted by Crippen LogP contribution is 2.32. The van der Waals surface area contributed by atoms with Gasteiger partial charge in [-0.25, -0.2) is 9.98 Å². The zero-order chi connectivity index (χ0) is 17.4. The van der Waals surface area contributed by atoms with Gasteiger partial charge in [0.2, 0.25) is 5.95 Å². The van der Waals surface area contributed by atoms with E-state index in [9.17, 15) is 9.90 Å². The number of nitrogens with zero attached hydrogens (tertiary/aromatic N) is 3. The molecule has 0 saturated carbocycles. The van der Waals surface area contributed by atoms with Crippen molar-refractivity contribution in [3.63, 3.8) is 0 Å². The first kappa shape index (κ1) is 15.0. The lowest BCUT2D eigenvalue weighted by atomic mass is 10.1. The number of hydrogen-bond acceptors (Lipinski definition) is 7. The minimum atomic E-state index is -1.27. The van der Waals surface area contributed by atoms with Crippen LogP contribution in [0.5, 0.6) is 5.75 Å². The van der Waals surface area contributed by atoms with Gasteiger partial charge >= 0.3 is 0 Å². The first-order chi connectivity index (χ1) is 12.1. The van der Waals surface area contributed by atoms with Crippen molar-refractivity contribution in [2.75, 3.05) is 11.9 Å². The number of nitrogens with two attached hydrogens (primary N) is 1. The highest BCUT2D eigenvalue weighted by Gasteiger charge is 2.24. The number of carbonyl (C=O) groups is 1. The average Bonchev–Trinajstić information content (AvgIpc) is 2.97. The standard InChI is InChI=1S/C17H15N5O3/c18-16-20-15(10-5-7-11(8-6-10)25-9-14(23)24)22-13-4-2-1-3-12(13)19-17(22)21-16/h1-8,15H,9H2,(H,23,24)(H3,18,19,20,21)/p-1/t15-/m0/s1. The molecule has 126 valence electrons. The number of aliphatic carboxylic acids is 1. The molecule has 8 nitrogen and oxygen atoms in total. The predicted octanol–water partition coefficient (Wildman–Crippen LogP) is 0.452. The zero-order valence-corrected chi connectivity index (χ0v) is 13.0. The van der Waals surface area contributed by atoms with E-state index >= 15 is 0 Å². The molecule has 2 heterocycles. The Morgan fingerprint density at radius 2 is 2.00 bits per heavy atom. The maximum atomic E-state index is 10.5. The van der Waals surface area contributed by atoms with E-state index in [1.807, 2.05) is 41.0 Å². The van der Waals surface area contributed by atoms with E-state index in [1.165, 1.54) is 0 Å². The van der Waals surface area contributed by atoms with Gasteiger partial charge in [-0.3, -0.25) is 9.88 Å². The van der Waals surface area contributed by atoms with Crippen LogP contribution in [0.3, 0.4) is 0 Å². The number of hydrogen-bond donors (Lipinski definition) is 2. The second-order valence-corrected chi connectivity index (χ2v) is 5.54. The molecule has 1 aromatic heterocycles. The van der Waals surface area contributed by atoms with Crippen LogP contribution >= 0.6 is 0 Å². The molecule has 0 unspecified atom stereocenters. The van der Waals surface area contributed by atoms with Crippen molar-refractivity contribution in [1.29, 1.82) is 0 Å². The molecule has 0 fully saturated rings. The smallest absolute Gasteiger partial charge is 0.212 e. The quantitative estimate of drug-likeness (QED) is 0.714. The summed E-state index contributed by atoms with van der Waals surface area (Å²) >= 11 is 0. The number of anilines is 1. The molecule has 3 N–H and O–H groups in total. The third-order valence-corrected chi connectivity index (χ3v) is 3.88. The summed E-state index contributed by atoms with van der Waals surface area (Å²) in [4.78, 5) is 19.5.